The summed E-state index contributed by atoms with van der Waals surface area (Å²) in [7, 11) is 0. The molecule has 0 bridgehead atoms. The van der Waals surface area contributed by atoms with Crippen LogP contribution in [0.3, 0.4) is 0 Å². The van der Waals surface area contributed by atoms with Crippen molar-refractivity contribution in [2.24, 2.45) is 5.73 Å². The molecule has 2 aromatic carbocycles. The molecule has 0 spiro atoms. The zero-order valence-corrected chi connectivity index (χ0v) is 27.9. The number of imidazole rings is 1. The quantitative estimate of drug-likeness (QED) is 0.300. The van der Waals surface area contributed by atoms with Gasteiger partial charge in [-0.2, -0.15) is 4.58 Å². The normalized spacial score (nSPS) is 22.2. The van der Waals surface area contributed by atoms with Gasteiger partial charge >= 0.3 is 12.2 Å². The van der Waals surface area contributed by atoms with Crippen LogP contribution in [-0.4, -0.2) is 79.1 Å². The van der Waals surface area contributed by atoms with E-state index in [-0.39, 0.29) is 30.3 Å². The van der Waals surface area contributed by atoms with Gasteiger partial charge in [0.25, 0.3) is 0 Å². The highest BCUT2D eigenvalue weighted by Gasteiger charge is 2.47. The Hall–Kier alpha value is -4.34. The molecule has 3 aromatic rings. The lowest BCUT2D eigenvalue weighted by Crippen LogP contribution is -2.53. The summed E-state index contributed by atoms with van der Waals surface area (Å²) in [5.74, 6) is 0.777. The van der Waals surface area contributed by atoms with Crippen LogP contribution in [0.5, 0.6) is 0 Å². The smallest absolute Gasteiger partial charge is 0.410 e. The molecule has 10 nitrogen and oxygen atoms in total. The molecule has 6 rings (SSSR count). The molecular weight excluding hydrogens is 580 g/mol. The van der Waals surface area contributed by atoms with Crippen LogP contribution in [0.1, 0.15) is 91.1 Å². The molecule has 244 valence electrons. The van der Waals surface area contributed by atoms with Gasteiger partial charge in [0.1, 0.15) is 17.0 Å². The molecule has 3 atom stereocenters. The van der Waals surface area contributed by atoms with Crippen LogP contribution in [0.15, 0.2) is 48.8 Å². The van der Waals surface area contributed by atoms with Gasteiger partial charge in [-0.1, -0.05) is 18.2 Å². The third kappa shape index (κ3) is 6.48. The number of aromatic nitrogens is 2. The van der Waals surface area contributed by atoms with Crippen molar-refractivity contribution in [2.45, 2.75) is 103 Å². The van der Waals surface area contributed by atoms with Gasteiger partial charge in [-0.05, 0) is 96.2 Å². The molecule has 0 aliphatic carbocycles. The lowest BCUT2D eigenvalue weighted by Gasteiger charge is -2.34. The Kier molecular flexibility index (Phi) is 8.33. The number of carbonyl (C=O) groups excluding carboxylic acids is 2. The van der Waals surface area contributed by atoms with E-state index in [0.717, 1.165) is 71.2 Å². The van der Waals surface area contributed by atoms with Crippen molar-refractivity contribution < 1.29 is 23.6 Å². The van der Waals surface area contributed by atoms with Crippen molar-refractivity contribution in [2.75, 3.05) is 13.1 Å². The van der Waals surface area contributed by atoms with Gasteiger partial charge in [-0.15, -0.1) is 0 Å². The number of H-pyrrole nitrogens is 1. The highest BCUT2D eigenvalue weighted by atomic mass is 16.6. The average Bonchev–Trinajstić information content (AvgIpc) is 3.74. The van der Waals surface area contributed by atoms with Crippen molar-refractivity contribution in [3.8, 4) is 11.3 Å². The number of nitrogens with one attached hydrogen (secondary N) is 1. The molecule has 3 N–H and O–H groups in total. The summed E-state index contributed by atoms with van der Waals surface area (Å²) in [5.41, 5.74) is 9.06. The second-order valence-electron chi connectivity index (χ2n) is 14.6. The fraction of sp³-hybridized carbons (Fsp3) is 0.500. The zero-order valence-electron chi connectivity index (χ0n) is 27.9. The summed E-state index contributed by atoms with van der Waals surface area (Å²) in [6.07, 6.45) is 9.69. The van der Waals surface area contributed by atoms with Gasteiger partial charge in [-0.3, -0.25) is 9.80 Å². The predicted octanol–water partition coefficient (Wildman–Crippen LogP) is 6.81. The molecule has 4 heterocycles. The molecule has 3 unspecified atom stereocenters. The number of nitrogens with two attached hydrogens (primary N) is 1. The number of benzene rings is 2. The maximum absolute atomic E-state index is 13.0. The first-order chi connectivity index (χ1) is 21.8. The maximum Gasteiger partial charge on any atom is 0.410 e. The van der Waals surface area contributed by atoms with Gasteiger partial charge in [0.05, 0.1) is 36.6 Å². The average molecular weight is 628 g/mol. The Labute approximate surface area is 271 Å². The lowest BCUT2D eigenvalue weighted by atomic mass is 9.94. The summed E-state index contributed by atoms with van der Waals surface area (Å²) in [4.78, 5) is 37.6. The molecule has 2 saturated heterocycles. The second-order valence-corrected chi connectivity index (χ2v) is 14.6. The number of likely N-dealkylation sites (tertiary alicyclic amines) is 2. The first kappa shape index (κ1) is 31.6. The van der Waals surface area contributed by atoms with E-state index < -0.39 is 11.2 Å². The van der Waals surface area contributed by atoms with Crippen LogP contribution in [0.2, 0.25) is 0 Å². The molecule has 2 fully saturated rings. The molecule has 2 amide bonds. The monoisotopic (exact) mass is 627 g/mol. The molecule has 1 aromatic heterocycles. The Balaban J connectivity index is 1.18. The van der Waals surface area contributed by atoms with E-state index >= 15 is 0 Å². The van der Waals surface area contributed by atoms with Crippen molar-refractivity contribution >= 4 is 34.9 Å². The highest BCUT2D eigenvalue weighted by Crippen LogP contribution is 2.35. The Morgan fingerprint density at radius 3 is 2.26 bits per heavy atom. The van der Waals surface area contributed by atoms with Gasteiger partial charge in [0.15, 0.2) is 12.3 Å². The number of nitrogens with zero attached hydrogens (tertiary/aromatic N) is 4. The predicted molar refractivity (Wildman–Crippen MR) is 179 cm³/mol. The standard InChI is InChI=1S/C36H47N6O4/c1-35(2,3)45-33(43)41-16-7-9-28(41)29-15-18-40(29)31(21-37)26-14-12-23-19-25(13-11-24(23)20-26)27-22-38-32(39-27)30-10-8-17-42(30)34(44)46-36(4,5)6/h11-14,18-22,28-30H,7-10,15-17,37H2,1-6H3,(H,38,39)/q+1. The van der Waals surface area contributed by atoms with Gasteiger partial charge in [0.2, 0.25) is 5.70 Å². The van der Waals surface area contributed by atoms with Gasteiger partial charge in [0, 0.05) is 24.2 Å². The van der Waals surface area contributed by atoms with Gasteiger partial charge < -0.3 is 20.2 Å². The zero-order chi connectivity index (χ0) is 32.8. The molecule has 10 heteroatoms. The fourth-order valence-corrected chi connectivity index (χ4v) is 6.84. The number of aromatic amines is 1. The summed E-state index contributed by atoms with van der Waals surface area (Å²) >= 11 is 0. The van der Waals surface area contributed by atoms with Crippen molar-refractivity contribution in [3.05, 3.63) is 60.2 Å². The highest BCUT2D eigenvalue weighted by molar-refractivity contribution is 5.89. The van der Waals surface area contributed by atoms with E-state index in [1.54, 1.807) is 11.1 Å². The SMILES string of the molecule is CC(C)(C)OC(=O)N1CCCC1c1ncc(-c2ccc3cc(C(=CN)[N+]4=CCC4C4CCCN4C(=O)OC(C)(C)C)ccc3c2)[nH]1. The summed E-state index contributed by atoms with van der Waals surface area (Å²) in [5, 5.41) is 2.20. The maximum atomic E-state index is 13.0. The van der Waals surface area contributed by atoms with Crippen LogP contribution in [-0.2, 0) is 9.47 Å². The minimum absolute atomic E-state index is 0.0811. The summed E-state index contributed by atoms with van der Waals surface area (Å²) < 4.78 is 13.6. The van der Waals surface area contributed by atoms with Crippen molar-refractivity contribution in [1.29, 1.82) is 0 Å². The number of ether oxygens (including phenoxy) is 2. The number of rotatable bonds is 5. The van der Waals surface area contributed by atoms with Crippen molar-refractivity contribution in [3.63, 3.8) is 0 Å². The number of amides is 2. The van der Waals surface area contributed by atoms with E-state index in [1.807, 2.05) is 52.6 Å². The van der Waals surface area contributed by atoms with E-state index in [9.17, 15) is 9.59 Å². The van der Waals surface area contributed by atoms with Crippen LogP contribution < -0.4 is 5.73 Å². The number of hydrogen-bond donors (Lipinski definition) is 2. The Bertz CT molecular complexity index is 1690. The molecule has 0 saturated carbocycles. The fourth-order valence-electron chi connectivity index (χ4n) is 6.84. The molecule has 0 radical (unpaired) electrons. The van der Waals surface area contributed by atoms with E-state index in [4.69, 9.17) is 15.2 Å². The van der Waals surface area contributed by atoms with Crippen LogP contribution in [0.4, 0.5) is 9.59 Å². The molecular formula is C36H47N6O4+. The second kappa shape index (κ2) is 12.1. The van der Waals surface area contributed by atoms with Gasteiger partial charge in [-0.25, -0.2) is 14.6 Å². The van der Waals surface area contributed by atoms with E-state index in [1.165, 1.54) is 0 Å². The Morgan fingerprint density at radius 1 is 0.935 bits per heavy atom. The topological polar surface area (TPSA) is 117 Å². The van der Waals surface area contributed by atoms with E-state index in [2.05, 4.69) is 57.2 Å². The Morgan fingerprint density at radius 2 is 1.59 bits per heavy atom. The third-order valence-corrected chi connectivity index (χ3v) is 8.95. The number of carbonyl (C=O) groups is 2. The summed E-state index contributed by atoms with van der Waals surface area (Å²) in [6.45, 7) is 12.7. The van der Waals surface area contributed by atoms with Crippen LogP contribution in [0, 0.1) is 0 Å². The number of fused-ring (bicyclic) bond motifs is 1. The van der Waals surface area contributed by atoms with Crippen LogP contribution in [0.25, 0.3) is 27.7 Å². The molecule has 3 aliphatic rings. The first-order valence-electron chi connectivity index (χ1n) is 16.4. The van der Waals surface area contributed by atoms with Crippen LogP contribution >= 0.6 is 0 Å². The number of hydrogen-bond acceptors (Lipinski definition) is 6. The molecule has 3 aliphatic heterocycles. The largest absolute Gasteiger partial charge is 0.444 e. The minimum atomic E-state index is -0.543. The first-order valence-corrected chi connectivity index (χ1v) is 16.4. The summed E-state index contributed by atoms with van der Waals surface area (Å²) in [6, 6.07) is 12.8. The third-order valence-electron chi connectivity index (χ3n) is 8.95. The van der Waals surface area contributed by atoms with Crippen molar-refractivity contribution in [1.82, 2.24) is 19.8 Å². The minimum Gasteiger partial charge on any atom is -0.444 e. The lowest BCUT2D eigenvalue weighted by molar-refractivity contribution is -0.507. The van der Waals surface area contributed by atoms with E-state index in [0.29, 0.717) is 13.1 Å². The molecule has 46 heavy (non-hydrogen) atoms.